The van der Waals surface area contributed by atoms with Gasteiger partial charge in [-0.25, -0.2) is 0 Å². The fourth-order valence-electron chi connectivity index (χ4n) is 0.974. The number of aromatic nitrogens is 1. The van der Waals surface area contributed by atoms with Crippen LogP contribution in [0.15, 0.2) is 29.3 Å². The van der Waals surface area contributed by atoms with Gasteiger partial charge >= 0.3 is 0 Å². The Morgan fingerprint density at radius 3 is 2.58 bits per heavy atom. The Labute approximate surface area is 76.8 Å². The average molecular weight is 186 g/mol. The van der Waals surface area contributed by atoms with Crippen molar-refractivity contribution < 1.29 is 0 Å². The Morgan fingerprint density at radius 1 is 1.50 bits per heavy atom. The maximum atomic E-state index is 10.7. The number of hydrogen-bond donors (Lipinski definition) is 0. The minimum atomic E-state index is 0.0461. The highest BCUT2D eigenvalue weighted by atomic mass is 35.5. The molecule has 0 fully saturated rings. The molecule has 1 unspecified atom stereocenters. The van der Waals surface area contributed by atoms with Crippen LogP contribution in [-0.4, -0.2) is 10.4 Å². The van der Waals surface area contributed by atoms with E-state index in [0.717, 1.165) is 6.54 Å². The number of alkyl halides is 1. The van der Waals surface area contributed by atoms with Crippen molar-refractivity contribution in [1.29, 1.82) is 0 Å². The molecule has 12 heavy (non-hydrogen) atoms. The molecule has 0 aromatic carbocycles. The third-order valence-corrected chi connectivity index (χ3v) is 2.17. The number of hydrogen-bond acceptors (Lipinski definition) is 1. The molecule has 1 aromatic rings. The highest BCUT2D eigenvalue weighted by Gasteiger charge is 1.98. The third-order valence-electron chi connectivity index (χ3n) is 1.65. The number of pyridine rings is 1. The summed E-state index contributed by atoms with van der Waals surface area (Å²) in [5.41, 5.74) is 0.0461. The molecule has 0 saturated heterocycles. The van der Waals surface area contributed by atoms with E-state index in [-0.39, 0.29) is 5.43 Å². The number of halogens is 1. The zero-order valence-corrected chi connectivity index (χ0v) is 7.79. The van der Waals surface area contributed by atoms with Crippen molar-refractivity contribution in [2.45, 2.75) is 13.5 Å². The van der Waals surface area contributed by atoms with Crippen molar-refractivity contribution in [3.8, 4) is 0 Å². The molecule has 0 aliphatic heterocycles. The molecule has 0 saturated carbocycles. The summed E-state index contributed by atoms with van der Waals surface area (Å²) in [6.07, 6.45) is 3.57. The van der Waals surface area contributed by atoms with E-state index in [2.05, 4.69) is 6.92 Å². The molecule has 0 aliphatic rings. The van der Waals surface area contributed by atoms with Crippen molar-refractivity contribution in [1.82, 2.24) is 4.57 Å². The lowest BCUT2D eigenvalue weighted by Crippen LogP contribution is -2.10. The topological polar surface area (TPSA) is 22.0 Å². The van der Waals surface area contributed by atoms with Crippen LogP contribution in [-0.2, 0) is 6.54 Å². The summed E-state index contributed by atoms with van der Waals surface area (Å²) in [5, 5.41) is 0. The van der Waals surface area contributed by atoms with E-state index in [1.54, 1.807) is 24.5 Å². The van der Waals surface area contributed by atoms with E-state index in [1.807, 2.05) is 4.57 Å². The van der Waals surface area contributed by atoms with E-state index >= 15 is 0 Å². The second-order valence-corrected chi connectivity index (χ2v) is 3.30. The maximum Gasteiger partial charge on any atom is 0.181 e. The van der Waals surface area contributed by atoms with Gasteiger partial charge in [0.1, 0.15) is 0 Å². The lowest BCUT2D eigenvalue weighted by Gasteiger charge is -2.09. The predicted molar refractivity (Wildman–Crippen MR) is 50.6 cm³/mol. The van der Waals surface area contributed by atoms with Crippen molar-refractivity contribution in [3.63, 3.8) is 0 Å². The van der Waals surface area contributed by atoms with Gasteiger partial charge in [0, 0.05) is 37.0 Å². The van der Waals surface area contributed by atoms with Crippen LogP contribution in [0.4, 0.5) is 0 Å². The van der Waals surface area contributed by atoms with Crippen molar-refractivity contribution >= 4 is 11.6 Å². The molecule has 0 aliphatic carbocycles. The zero-order chi connectivity index (χ0) is 8.97. The van der Waals surface area contributed by atoms with Gasteiger partial charge in [-0.1, -0.05) is 6.92 Å². The van der Waals surface area contributed by atoms with Crippen molar-refractivity contribution in [3.05, 3.63) is 34.7 Å². The van der Waals surface area contributed by atoms with E-state index in [4.69, 9.17) is 11.6 Å². The minimum absolute atomic E-state index is 0.0461. The normalized spacial score (nSPS) is 12.8. The van der Waals surface area contributed by atoms with Crippen LogP contribution in [0.3, 0.4) is 0 Å². The third kappa shape index (κ3) is 2.70. The zero-order valence-electron chi connectivity index (χ0n) is 7.03. The molecular weight excluding hydrogens is 174 g/mol. The highest BCUT2D eigenvalue weighted by Crippen LogP contribution is 2.01. The molecule has 1 atom stereocenters. The van der Waals surface area contributed by atoms with Crippen LogP contribution in [0, 0.1) is 5.92 Å². The van der Waals surface area contributed by atoms with Crippen molar-refractivity contribution in [2.75, 3.05) is 5.88 Å². The fourth-order valence-corrected chi connectivity index (χ4v) is 1.07. The maximum absolute atomic E-state index is 10.7. The number of rotatable bonds is 3. The molecule has 1 aromatic heterocycles. The summed E-state index contributed by atoms with van der Waals surface area (Å²) in [7, 11) is 0. The molecule has 0 amide bonds. The summed E-state index contributed by atoms with van der Waals surface area (Å²) < 4.78 is 1.97. The standard InChI is InChI=1S/C9H12ClNO/c1-8(6-10)7-11-4-2-9(12)3-5-11/h2-5,8H,6-7H2,1H3. The summed E-state index contributed by atoms with van der Waals surface area (Å²) in [5.74, 6) is 1.08. The summed E-state index contributed by atoms with van der Waals surface area (Å²) in [6.45, 7) is 2.94. The molecule has 1 rings (SSSR count). The van der Waals surface area contributed by atoms with E-state index in [9.17, 15) is 4.79 Å². The van der Waals surface area contributed by atoms with Crippen LogP contribution in [0.25, 0.3) is 0 Å². The first-order valence-corrected chi connectivity index (χ1v) is 4.48. The van der Waals surface area contributed by atoms with Crippen molar-refractivity contribution in [2.24, 2.45) is 5.92 Å². The summed E-state index contributed by atoms with van der Waals surface area (Å²) in [6, 6.07) is 3.11. The predicted octanol–water partition coefficient (Wildman–Crippen LogP) is 1.72. The fraction of sp³-hybridized carbons (Fsp3) is 0.444. The lowest BCUT2D eigenvalue weighted by molar-refractivity contribution is 0.525. The highest BCUT2D eigenvalue weighted by molar-refractivity contribution is 6.18. The Bertz CT molecular complexity index is 274. The van der Waals surface area contributed by atoms with Crippen LogP contribution in [0.5, 0.6) is 0 Å². The Balaban J connectivity index is 2.64. The average Bonchev–Trinajstić information content (AvgIpc) is 2.09. The molecule has 3 heteroatoms. The Hall–Kier alpha value is -0.760. The number of nitrogens with zero attached hydrogens (tertiary/aromatic N) is 1. The molecular formula is C9H12ClNO. The molecule has 0 spiro atoms. The first kappa shape index (κ1) is 9.33. The smallest absolute Gasteiger partial charge is 0.181 e. The van der Waals surface area contributed by atoms with Gasteiger partial charge in [-0.15, -0.1) is 11.6 Å². The first-order valence-electron chi connectivity index (χ1n) is 3.94. The van der Waals surface area contributed by atoms with Gasteiger partial charge in [0.25, 0.3) is 0 Å². The molecule has 0 N–H and O–H groups in total. The Kier molecular flexibility index (Phi) is 3.35. The minimum Gasteiger partial charge on any atom is -0.354 e. The van der Waals surface area contributed by atoms with Gasteiger partial charge in [0.05, 0.1) is 0 Å². The van der Waals surface area contributed by atoms with E-state index in [0.29, 0.717) is 11.8 Å². The largest absolute Gasteiger partial charge is 0.354 e. The van der Waals surface area contributed by atoms with Gasteiger partial charge in [-0.3, -0.25) is 4.79 Å². The van der Waals surface area contributed by atoms with E-state index < -0.39 is 0 Å². The second-order valence-electron chi connectivity index (χ2n) is 2.99. The van der Waals surface area contributed by atoms with Crippen LogP contribution in [0.1, 0.15) is 6.92 Å². The molecule has 0 radical (unpaired) electrons. The van der Waals surface area contributed by atoms with Crippen LogP contribution >= 0.6 is 11.6 Å². The van der Waals surface area contributed by atoms with E-state index in [1.165, 1.54) is 0 Å². The van der Waals surface area contributed by atoms with Gasteiger partial charge in [0.15, 0.2) is 5.43 Å². The van der Waals surface area contributed by atoms with Gasteiger partial charge in [-0.2, -0.15) is 0 Å². The van der Waals surface area contributed by atoms with Gasteiger partial charge < -0.3 is 4.57 Å². The molecule has 2 nitrogen and oxygen atoms in total. The first-order chi connectivity index (χ1) is 5.72. The molecule has 1 heterocycles. The van der Waals surface area contributed by atoms with Gasteiger partial charge in [-0.05, 0) is 5.92 Å². The lowest BCUT2D eigenvalue weighted by atomic mass is 10.2. The monoisotopic (exact) mass is 185 g/mol. The summed E-state index contributed by atoms with van der Waals surface area (Å²) >= 11 is 5.66. The van der Waals surface area contributed by atoms with Gasteiger partial charge in [0.2, 0.25) is 0 Å². The summed E-state index contributed by atoms with van der Waals surface area (Å²) in [4.78, 5) is 10.7. The molecule has 66 valence electrons. The second kappa shape index (κ2) is 4.31. The quantitative estimate of drug-likeness (QED) is 0.658. The van der Waals surface area contributed by atoms with Crippen LogP contribution < -0.4 is 5.43 Å². The molecule has 0 bridgehead atoms. The SMILES string of the molecule is CC(CCl)Cn1ccc(=O)cc1. The Morgan fingerprint density at radius 2 is 2.08 bits per heavy atom. The van der Waals surface area contributed by atoms with Crippen LogP contribution in [0.2, 0.25) is 0 Å².